The summed E-state index contributed by atoms with van der Waals surface area (Å²) in [5, 5.41) is 3.32. The van der Waals surface area contributed by atoms with Gasteiger partial charge in [0.25, 0.3) is 0 Å². The van der Waals surface area contributed by atoms with Gasteiger partial charge in [-0.2, -0.15) is 4.98 Å². The molecule has 1 aliphatic rings. The van der Waals surface area contributed by atoms with Crippen LogP contribution in [-0.4, -0.2) is 54.6 Å². The predicted molar refractivity (Wildman–Crippen MR) is 78.2 cm³/mol. The van der Waals surface area contributed by atoms with Crippen molar-refractivity contribution >= 4 is 27.7 Å². The van der Waals surface area contributed by atoms with Gasteiger partial charge in [-0.05, 0) is 29.4 Å². The zero-order valence-corrected chi connectivity index (χ0v) is 12.6. The van der Waals surface area contributed by atoms with E-state index in [4.69, 9.17) is 0 Å². The van der Waals surface area contributed by atoms with E-state index in [0.29, 0.717) is 0 Å². The molecule has 100 valence electrons. The van der Waals surface area contributed by atoms with Crippen molar-refractivity contribution in [2.75, 3.05) is 50.0 Å². The number of likely N-dealkylation sites (N-methyl/N-ethyl adjacent to an activating group) is 1. The van der Waals surface area contributed by atoms with Crippen molar-refractivity contribution in [3.63, 3.8) is 0 Å². The molecule has 0 saturated carbocycles. The predicted octanol–water partition coefficient (Wildman–Crippen LogP) is 1.81. The Morgan fingerprint density at radius 3 is 2.72 bits per heavy atom. The number of rotatable bonds is 4. The first-order valence-corrected chi connectivity index (χ1v) is 7.20. The van der Waals surface area contributed by atoms with Crippen molar-refractivity contribution < 1.29 is 0 Å². The molecule has 0 amide bonds. The van der Waals surface area contributed by atoms with Crippen LogP contribution >= 0.6 is 15.9 Å². The minimum absolute atomic E-state index is 0.824. The van der Waals surface area contributed by atoms with Gasteiger partial charge in [0.1, 0.15) is 5.82 Å². The number of piperazine rings is 1. The van der Waals surface area contributed by atoms with E-state index in [-0.39, 0.29) is 0 Å². The van der Waals surface area contributed by atoms with Gasteiger partial charge in [0.15, 0.2) is 0 Å². The molecule has 1 fully saturated rings. The van der Waals surface area contributed by atoms with Crippen molar-refractivity contribution in [3.05, 3.63) is 10.7 Å². The van der Waals surface area contributed by atoms with E-state index in [1.807, 2.05) is 6.20 Å². The monoisotopic (exact) mass is 313 g/mol. The van der Waals surface area contributed by atoms with Gasteiger partial charge in [0.05, 0.1) is 4.47 Å². The molecule has 1 saturated heterocycles. The normalized spacial score (nSPS) is 16.9. The Balaban J connectivity index is 2.08. The van der Waals surface area contributed by atoms with E-state index >= 15 is 0 Å². The topological polar surface area (TPSA) is 44.3 Å². The summed E-state index contributed by atoms with van der Waals surface area (Å²) in [5.74, 6) is 1.71. The molecule has 2 rings (SSSR count). The second kappa shape index (κ2) is 6.33. The summed E-state index contributed by atoms with van der Waals surface area (Å²) >= 11 is 3.48. The first-order valence-electron chi connectivity index (χ1n) is 6.40. The molecule has 0 aliphatic carbocycles. The second-order valence-corrected chi connectivity index (χ2v) is 5.44. The van der Waals surface area contributed by atoms with Gasteiger partial charge in [0.2, 0.25) is 5.95 Å². The molecule has 1 aromatic rings. The minimum atomic E-state index is 0.824. The Bertz CT molecular complexity index is 390. The fraction of sp³-hybridized carbons (Fsp3) is 0.667. The van der Waals surface area contributed by atoms with Crippen LogP contribution < -0.4 is 10.2 Å². The number of hydrogen-bond donors (Lipinski definition) is 1. The van der Waals surface area contributed by atoms with Crippen LogP contribution in [-0.2, 0) is 0 Å². The lowest BCUT2D eigenvalue weighted by Crippen LogP contribution is -2.45. The Morgan fingerprint density at radius 2 is 2.06 bits per heavy atom. The third-order valence-electron chi connectivity index (χ3n) is 3.06. The van der Waals surface area contributed by atoms with Crippen LogP contribution in [0.25, 0.3) is 0 Å². The van der Waals surface area contributed by atoms with Gasteiger partial charge in [-0.3, -0.25) is 0 Å². The summed E-state index contributed by atoms with van der Waals surface area (Å²) in [6.45, 7) is 7.19. The maximum Gasteiger partial charge on any atom is 0.227 e. The van der Waals surface area contributed by atoms with Crippen LogP contribution in [0.2, 0.25) is 0 Å². The first-order chi connectivity index (χ1) is 8.70. The molecular formula is C12H20BrN5. The molecule has 1 aromatic heterocycles. The molecular weight excluding hydrogens is 294 g/mol. The highest BCUT2D eigenvalue weighted by molar-refractivity contribution is 9.10. The molecule has 0 unspecified atom stereocenters. The third kappa shape index (κ3) is 3.32. The van der Waals surface area contributed by atoms with E-state index in [0.717, 1.165) is 55.4 Å². The number of nitrogens with zero attached hydrogens (tertiary/aromatic N) is 4. The van der Waals surface area contributed by atoms with Crippen LogP contribution in [0.3, 0.4) is 0 Å². The van der Waals surface area contributed by atoms with Gasteiger partial charge in [-0.1, -0.05) is 6.92 Å². The van der Waals surface area contributed by atoms with Gasteiger partial charge >= 0.3 is 0 Å². The minimum Gasteiger partial charge on any atom is -0.369 e. The zero-order valence-electron chi connectivity index (χ0n) is 11.0. The van der Waals surface area contributed by atoms with Crippen LogP contribution in [0.5, 0.6) is 0 Å². The molecule has 0 spiro atoms. The molecule has 5 nitrogen and oxygen atoms in total. The average molecular weight is 314 g/mol. The molecule has 0 bridgehead atoms. The van der Waals surface area contributed by atoms with Crippen molar-refractivity contribution in [1.82, 2.24) is 14.9 Å². The maximum absolute atomic E-state index is 4.60. The summed E-state index contributed by atoms with van der Waals surface area (Å²) < 4.78 is 0.925. The molecule has 1 N–H and O–H groups in total. The van der Waals surface area contributed by atoms with E-state index in [9.17, 15) is 0 Å². The number of anilines is 2. The van der Waals surface area contributed by atoms with Crippen LogP contribution in [0.15, 0.2) is 10.7 Å². The lowest BCUT2D eigenvalue weighted by Gasteiger charge is -2.32. The Morgan fingerprint density at radius 1 is 1.33 bits per heavy atom. The van der Waals surface area contributed by atoms with Gasteiger partial charge in [0, 0.05) is 38.9 Å². The summed E-state index contributed by atoms with van der Waals surface area (Å²) in [5.41, 5.74) is 0. The van der Waals surface area contributed by atoms with Crippen molar-refractivity contribution in [1.29, 1.82) is 0 Å². The first kappa shape index (κ1) is 13.5. The summed E-state index contributed by atoms with van der Waals surface area (Å²) in [7, 11) is 2.15. The third-order valence-corrected chi connectivity index (χ3v) is 3.64. The molecule has 0 atom stereocenters. The van der Waals surface area contributed by atoms with Crippen LogP contribution in [0.4, 0.5) is 11.8 Å². The van der Waals surface area contributed by atoms with E-state index in [1.165, 1.54) is 0 Å². The lowest BCUT2D eigenvalue weighted by atomic mass is 10.3. The molecule has 2 heterocycles. The van der Waals surface area contributed by atoms with E-state index in [1.54, 1.807) is 0 Å². The molecule has 0 radical (unpaired) electrons. The highest BCUT2D eigenvalue weighted by atomic mass is 79.9. The van der Waals surface area contributed by atoms with Gasteiger partial charge in [-0.25, -0.2) is 4.98 Å². The zero-order chi connectivity index (χ0) is 13.0. The smallest absolute Gasteiger partial charge is 0.227 e. The second-order valence-electron chi connectivity index (χ2n) is 4.58. The highest BCUT2D eigenvalue weighted by Gasteiger charge is 2.17. The number of nitrogens with one attached hydrogen (secondary N) is 1. The van der Waals surface area contributed by atoms with E-state index in [2.05, 4.69) is 55.0 Å². The summed E-state index contributed by atoms with van der Waals surface area (Å²) in [6, 6.07) is 0. The van der Waals surface area contributed by atoms with Crippen molar-refractivity contribution in [2.24, 2.45) is 0 Å². The number of aromatic nitrogens is 2. The van der Waals surface area contributed by atoms with Crippen molar-refractivity contribution in [3.8, 4) is 0 Å². The van der Waals surface area contributed by atoms with Gasteiger partial charge in [-0.15, -0.1) is 0 Å². The Kier molecular flexibility index (Phi) is 4.77. The number of halogens is 1. The quantitative estimate of drug-likeness (QED) is 0.918. The van der Waals surface area contributed by atoms with E-state index < -0.39 is 0 Å². The molecule has 18 heavy (non-hydrogen) atoms. The fourth-order valence-corrected chi connectivity index (χ4v) is 2.22. The van der Waals surface area contributed by atoms with Crippen LogP contribution in [0, 0.1) is 0 Å². The molecule has 1 aliphatic heterocycles. The molecule has 6 heteroatoms. The Labute approximate surface area is 117 Å². The maximum atomic E-state index is 4.60. The SMILES string of the molecule is CCCNc1nc(N2CCN(C)CC2)ncc1Br. The summed E-state index contributed by atoms with van der Waals surface area (Å²) in [6.07, 6.45) is 2.92. The summed E-state index contributed by atoms with van der Waals surface area (Å²) in [4.78, 5) is 13.6. The standard InChI is InChI=1S/C12H20BrN5/c1-3-4-14-11-10(13)9-15-12(16-11)18-7-5-17(2)6-8-18/h9H,3-8H2,1-2H3,(H,14,15,16). The number of hydrogen-bond acceptors (Lipinski definition) is 5. The fourth-order valence-electron chi connectivity index (χ4n) is 1.88. The van der Waals surface area contributed by atoms with Crippen molar-refractivity contribution in [2.45, 2.75) is 13.3 Å². The molecule has 0 aromatic carbocycles. The van der Waals surface area contributed by atoms with Crippen LogP contribution in [0.1, 0.15) is 13.3 Å². The Hall–Kier alpha value is -0.880. The lowest BCUT2D eigenvalue weighted by molar-refractivity contribution is 0.311. The largest absolute Gasteiger partial charge is 0.369 e. The average Bonchev–Trinajstić information content (AvgIpc) is 2.39. The van der Waals surface area contributed by atoms with Gasteiger partial charge < -0.3 is 15.1 Å². The highest BCUT2D eigenvalue weighted by Crippen LogP contribution is 2.22.